The summed E-state index contributed by atoms with van der Waals surface area (Å²) in [6.45, 7) is 5.46. The van der Waals surface area contributed by atoms with Gasteiger partial charge in [0.2, 0.25) is 0 Å². The average Bonchev–Trinajstić information content (AvgIpc) is 2.14. The van der Waals surface area contributed by atoms with Crippen molar-refractivity contribution in [3.63, 3.8) is 0 Å². The van der Waals surface area contributed by atoms with Gasteiger partial charge in [0.25, 0.3) is 10.1 Å². The summed E-state index contributed by atoms with van der Waals surface area (Å²) >= 11 is 0. The zero-order valence-electron chi connectivity index (χ0n) is 9.76. The number of phenolic OH excluding ortho intramolecular Hbond substituents is 1. The summed E-state index contributed by atoms with van der Waals surface area (Å²) in [7, 11) is -4.56. The molecule has 0 spiro atoms. The first-order valence-corrected chi connectivity index (χ1v) is 6.31. The van der Waals surface area contributed by atoms with Gasteiger partial charge in [0.1, 0.15) is 10.6 Å². The van der Waals surface area contributed by atoms with Crippen molar-refractivity contribution in [1.82, 2.24) is 0 Å². The molecule has 0 bridgehead atoms. The first-order valence-electron chi connectivity index (χ1n) is 4.87. The van der Waals surface area contributed by atoms with Crippen molar-refractivity contribution >= 4 is 16.4 Å². The number of benzene rings is 1. The second-order valence-electron chi connectivity index (χ2n) is 4.76. The van der Waals surface area contributed by atoms with Gasteiger partial charge < -0.3 is 5.11 Å². The van der Waals surface area contributed by atoms with Crippen LogP contribution in [-0.4, -0.2) is 24.4 Å². The third kappa shape index (κ3) is 2.83. The highest BCUT2D eigenvalue weighted by Crippen LogP contribution is 2.32. The Labute approximate surface area is 99.8 Å². The fourth-order valence-corrected chi connectivity index (χ4v) is 1.99. The molecule has 0 atom stereocenters. The first-order chi connectivity index (χ1) is 7.57. The van der Waals surface area contributed by atoms with Crippen LogP contribution in [0.15, 0.2) is 17.0 Å². The maximum absolute atomic E-state index is 11.1. The van der Waals surface area contributed by atoms with Gasteiger partial charge in [-0.3, -0.25) is 9.35 Å². The molecule has 0 fully saturated rings. The lowest BCUT2D eigenvalue weighted by Gasteiger charge is -2.20. The molecule has 6 heteroatoms. The van der Waals surface area contributed by atoms with Crippen molar-refractivity contribution in [2.75, 3.05) is 0 Å². The Kier molecular flexibility index (Phi) is 3.31. The summed E-state index contributed by atoms with van der Waals surface area (Å²) in [6.07, 6.45) is 0.346. The number of hydrogen-bond acceptors (Lipinski definition) is 4. The van der Waals surface area contributed by atoms with Crippen molar-refractivity contribution in [1.29, 1.82) is 0 Å². The molecule has 0 aliphatic carbocycles. The molecule has 5 nitrogen and oxygen atoms in total. The van der Waals surface area contributed by atoms with Crippen LogP contribution in [0.4, 0.5) is 0 Å². The number of aldehydes is 1. The summed E-state index contributed by atoms with van der Waals surface area (Å²) in [5, 5.41) is 9.54. The highest BCUT2D eigenvalue weighted by Gasteiger charge is 2.23. The van der Waals surface area contributed by atoms with Crippen molar-refractivity contribution in [3.05, 3.63) is 23.3 Å². The summed E-state index contributed by atoms with van der Waals surface area (Å²) in [5.41, 5.74) is -0.0414. The predicted octanol–water partition coefficient (Wildman–Crippen LogP) is 1.75. The fourth-order valence-electron chi connectivity index (χ4n) is 1.35. The van der Waals surface area contributed by atoms with E-state index < -0.39 is 26.2 Å². The molecule has 0 amide bonds. The van der Waals surface area contributed by atoms with E-state index in [-0.39, 0.29) is 5.56 Å². The van der Waals surface area contributed by atoms with Crippen LogP contribution in [0.1, 0.15) is 36.7 Å². The Hall–Kier alpha value is -1.40. The molecule has 94 valence electrons. The molecule has 17 heavy (non-hydrogen) atoms. The highest BCUT2D eigenvalue weighted by atomic mass is 32.2. The van der Waals surface area contributed by atoms with Gasteiger partial charge in [0.15, 0.2) is 6.29 Å². The van der Waals surface area contributed by atoms with E-state index in [1.165, 1.54) is 6.07 Å². The van der Waals surface area contributed by atoms with E-state index >= 15 is 0 Å². The van der Waals surface area contributed by atoms with Crippen molar-refractivity contribution in [3.8, 4) is 5.75 Å². The number of carbonyl (C=O) groups is 1. The minimum absolute atomic E-state index is 0.162. The maximum Gasteiger partial charge on any atom is 0.298 e. The zero-order chi connectivity index (χ0) is 13.4. The molecule has 1 aromatic carbocycles. The number of carbonyl (C=O) groups excluding carboxylic acids is 1. The molecular formula is C11H14O5S. The first kappa shape index (κ1) is 13.7. The summed E-state index contributed by atoms with van der Waals surface area (Å²) in [4.78, 5) is 10.1. The van der Waals surface area contributed by atoms with E-state index in [0.29, 0.717) is 11.8 Å². The lowest BCUT2D eigenvalue weighted by Crippen LogP contribution is -2.13. The van der Waals surface area contributed by atoms with E-state index in [4.69, 9.17) is 4.55 Å². The van der Waals surface area contributed by atoms with Gasteiger partial charge in [-0.05, 0) is 23.1 Å². The molecule has 0 radical (unpaired) electrons. The van der Waals surface area contributed by atoms with Crippen LogP contribution in [0, 0.1) is 0 Å². The molecule has 0 saturated heterocycles. The van der Waals surface area contributed by atoms with E-state index in [2.05, 4.69) is 0 Å². The SMILES string of the molecule is CC(C)(C)c1cc(C=O)c(O)c(S(=O)(=O)O)c1. The smallest absolute Gasteiger partial charge is 0.298 e. The zero-order valence-corrected chi connectivity index (χ0v) is 10.6. The largest absolute Gasteiger partial charge is 0.506 e. The van der Waals surface area contributed by atoms with Crippen LogP contribution < -0.4 is 0 Å². The minimum Gasteiger partial charge on any atom is -0.506 e. The second-order valence-corrected chi connectivity index (χ2v) is 6.15. The summed E-state index contributed by atoms with van der Waals surface area (Å²) < 4.78 is 31.1. The van der Waals surface area contributed by atoms with E-state index in [1.54, 1.807) is 0 Å². The molecule has 1 rings (SSSR count). The lowest BCUT2D eigenvalue weighted by atomic mass is 9.86. The highest BCUT2D eigenvalue weighted by molar-refractivity contribution is 7.86. The minimum atomic E-state index is -4.56. The fraction of sp³-hybridized carbons (Fsp3) is 0.364. The van der Waals surface area contributed by atoms with Gasteiger partial charge >= 0.3 is 0 Å². The number of aromatic hydroxyl groups is 1. The topological polar surface area (TPSA) is 91.7 Å². The Morgan fingerprint density at radius 2 is 1.76 bits per heavy atom. The van der Waals surface area contributed by atoms with E-state index in [0.717, 1.165) is 6.07 Å². The maximum atomic E-state index is 11.1. The molecule has 0 saturated carbocycles. The standard InChI is InChI=1S/C11H14O5S/c1-11(2,3)8-4-7(6-12)10(13)9(5-8)17(14,15)16/h4-6,13H,1-3H3,(H,14,15,16). The van der Waals surface area contributed by atoms with Crippen LogP contribution >= 0.6 is 0 Å². The van der Waals surface area contributed by atoms with Gasteiger partial charge in [0.05, 0.1) is 5.56 Å². The Morgan fingerprint density at radius 3 is 2.12 bits per heavy atom. The predicted molar refractivity (Wildman–Crippen MR) is 62.0 cm³/mol. The molecule has 0 aliphatic heterocycles. The lowest BCUT2D eigenvalue weighted by molar-refractivity contribution is 0.112. The third-order valence-corrected chi connectivity index (χ3v) is 3.24. The average molecular weight is 258 g/mol. The van der Waals surface area contributed by atoms with Crippen LogP contribution in [0.25, 0.3) is 0 Å². The number of phenols is 1. The number of hydrogen-bond donors (Lipinski definition) is 2. The monoisotopic (exact) mass is 258 g/mol. The van der Waals surface area contributed by atoms with Crippen LogP contribution in [0.2, 0.25) is 0 Å². The van der Waals surface area contributed by atoms with E-state index in [1.807, 2.05) is 20.8 Å². The van der Waals surface area contributed by atoms with Gasteiger partial charge in [-0.2, -0.15) is 8.42 Å². The van der Waals surface area contributed by atoms with Crippen molar-refractivity contribution in [2.45, 2.75) is 31.1 Å². The van der Waals surface area contributed by atoms with Crippen LogP contribution in [0.3, 0.4) is 0 Å². The molecule has 0 heterocycles. The summed E-state index contributed by atoms with van der Waals surface area (Å²) in [6, 6.07) is 2.56. The van der Waals surface area contributed by atoms with Gasteiger partial charge in [0, 0.05) is 0 Å². The van der Waals surface area contributed by atoms with Gasteiger partial charge in [-0.15, -0.1) is 0 Å². The second kappa shape index (κ2) is 4.12. The van der Waals surface area contributed by atoms with Crippen LogP contribution in [0.5, 0.6) is 5.75 Å². The van der Waals surface area contributed by atoms with Gasteiger partial charge in [-0.1, -0.05) is 20.8 Å². The van der Waals surface area contributed by atoms with Crippen molar-refractivity contribution < 1.29 is 22.9 Å². The molecular weight excluding hydrogens is 244 g/mol. The molecule has 0 unspecified atom stereocenters. The Bertz CT molecular complexity index is 552. The Balaban J connectivity index is 3.68. The third-order valence-electron chi connectivity index (χ3n) is 2.38. The summed E-state index contributed by atoms with van der Waals surface area (Å²) in [5.74, 6) is -0.726. The van der Waals surface area contributed by atoms with Gasteiger partial charge in [-0.25, -0.2) is 0 Å². The van der Waals surface area contributed by atoms with Crippen LogP contribution in [-0.2, 0) is 15.5 Å². The molecule has 1 aromatic rings. The quantitative estimate of drug-likeness (QED) is 0.622. The normalized spacial score (nSPS) is 12.5. The van der Waals surface area contributed by atoms with E-state index in [9.17, 15) is 18.3 Å². The number of rotatable bonds is 2. The van der Waals surface area contributed by atoms with Crippen molar-refractivity contribution in [2.24, 2.45) is 0 Å². The molecule has 0 aliphatic rings. The molecule has 0 aromatic heterocycles. The Morgan fingerprint density at radius 1 is 1.24 bits per heavy atom. The molecule has 2 N–H and O–H groups in total.